The van der Waals surface area contributed by atoms with Crippen molar-refractivity contribution >= 4 is 33.2 Å². The largest absolute Gasteiger partial charge is 0.496 e. The summed E-state index contributed by atoms with van der Waals surface area (Å²) in [5, 5.41) is 2.91. The minimum absolute atomic E-state index is 0.00553. The lowest BCUT2D eigenvalue weighted by Crippen LogP contribution is -2.24. The third-order valence-electron chi connectivity index (χ3n) is 2.63. The van der Waals surface area contributed by atoms with E-state index >= 15 is 0 Å². The Morgan fingerprint density at radius 2 is 2.11 bits per heavy atom. The summed E-state index contributed by atoms with van der Waals surface area (Å²) in [6, 6.07) is 11.5. The number of methoxy groups -OCH3 is 1. The van der Waals surface area contributed by atoms with Crippen molar-refractivity contribution in [2.75, 3.05) is 7.11 Å². The van der Waals surface area contributed by atoms with Crippen molar-refractivity contribution in [2.24, 2.45) is 0 Å². The van der Waals surface area contributed by atoms with Gasteiger partial charge < -0.3 is 10.1 Å². The fraction of sp³-hybridized carbons (Fsp3) is 0.214. The number of ether oxygens (including phenoxy) is 1. The quantitative estimate of drug-likeness (QED) is 0.906. The smallest absolute Gasteiger partial charge is 0.224 e. The molecule has 0 aliphatic rings. The zero-order valence-corrected chi connectivity index (χ0v) is 12.9. The average molecular weight is 340 g/mol. The van der Waals surface area contributed by atoms with Gasteiger partial charge in [-0.3, -0.25) is 4.79 Å². The Hall–Kier alpha value is -1.33. The molecule has 0 bridgehead atoms. The molecule has 100 valence electrons. The number of hydrogen-bond donors (Lipinski definition) is 1. The number of carbonyl (C=O) groups is 1. The lowest BCUT2D eigenvalue weighted by Gasteiger charge is -2.08. The van der Waals surface area contributed by atoms with Gasteiger partial charge in [-0.05, 0) is 34.1 Å². The normalized spacial score (nSPS) is 10.2. The van der Waals surface area contributed by atoms with Crippen LogP contribution in [0.4, 0.5) is 0 Å². The fourth-order valence-corrected chi connectivity index (χ4v) is 3.14. The summed E-state index contributed by atoms with van der Waals surface area (Å²) in [7, 11) is 1.61. The molecule has 0 aliphatic heterocycles. The minimum atomic E-state index is -0.00553. The Kier molecular flexibility index (Phi) is 4.99. The summed E-state index contributed by atoms with van der Waals surface area (Å²) < 4.78 is 6.30. The van der Waals surface area contributed by atoms with Crippen LogP contribution < -0.4 is 10.1 Å². The summed E-state index contributed by atoms with van der Waals surface area (Å²) >= 11 is 5.02. The van der Waals surface area contributed by atoms with Crippen LogP contribution in [-0.4, -0.2) is 13.0 Å². The minimum Gasteiger partial charge on any atom is -0.496 e. The standard InChI is InChI=1S/C14H14BrNO2S/c1-18-12-5-3-2-4-10(12)8-14(17)16-9-11-6-7-13(15)19-11/h2-7H,8-9H2,1H3,(H,16,17). The first kappa shape index (κ1) is 14.1. The van der Waals surface area contributed by atoms with E-state index in [1.807, 2.05) is 36.4 Å². The maximum absolute atomic E-state index is 11.9. The molecule has 1 aromatic heterocycles. The van der Waals surface area contributed by atoms with Crippen molar-refractivity contribution in [1.29, 1.82) is 0 Å². The highest BCUT2D eigenvalue weighted by Gasteiger charge is 2.08. The monoisotopic (exact) mass is 339 g/mol. The van der Waals surface area contributed by atoms with Gasteiger partial charge in [0, 0.05) is 10.4 Å². The van der Waals surface area contributed by atoms with Crippen LogP contribution in [0.5, 0.6) is 5.75 Å². The van der Waals surface area contributed by atoms with Crippen LogP contribution in [0.25, 0.3) is 0 Å². The first-order valence-corrected chi connectivity index (χ1v) is 7.43. The van der Waals surface area contributed by atoms with Gasteiger partial charge >= 0.3 is 0 Å². The van der Waals surface area contributed by atoms with Crippen LogP contribution in [0.15, 0.2) is 40.2 Å². The first-order chi connectivity index (χ1) is 9.19. The second-order valence-corrected chi connectivity index (χ2v) is 6.52. The number of hydrogen-bond acceptors (Lipinski definition) is 3. The van der Waals surface area contributed by atoms with E-state index in [1.165, 1.54) is 0 Å². The predicted octanol–water partition coefficient (Wildman–Crippen LogP) is 3.38. The molecule has 19 heavy (non-hydrogen) atoms. The third-order valence-corrected chi connectivity index (χ3v) is 4.26. The molecule has 0 unspecified atom stereocenters. The molecule has 0 atom stereocenters. The summed E-state index contributed by atoms with van der Waals surface area (Å²) in [5.41, 5.74) is 0.898. The van der Waals surface area contributed by atoms with Gasteiger partial charge in [0.05, 0.1) is 23.9 Å². The molecule has 0 radical (unpaired) electrons. The van der Waals surface area contributed by atoms with Gasteiger partial charge in [0.2, 0.25) is 5.91 Å². The first-order valence-electron chi connectivity index (χ1n) is 5.82. The molecular weight excluding hydrogens is 326 g/mol. The molecule has 1 N–H and O–H groups in total. The molecule has 5 heteroatoms. The summed E-state index contributed by atoms with van der Waals surface area (Å²) in [6.45, 7) is 0.560. The van der Waals surface area contributed by atoms with Crippen LogP contribution >= 0.6 is 27.3 Å². The molecule has 0 saturated carbocycles. The van der Waals surface area contributed by atoms with Crippen molar-refractivity contribution in [3.63, 3.8) is 0 Å². The highest BCUT2D eigenvalue weighted by molar-refractivity contribution is 9.11. The van der Waals surface area contributed by atoms with Crippen LogP contribution in [0.3, 0.4) is 0 Å². The van der Waals surface area contributed by atoms with Crippen LogP contribution in [-0.2, 0) is 17.8 Å². The van der Waals surface area contributed by atoms with Gasteiger partial charge in [0.25, 0.3) is 0 Å². The van der Waals surface area contributed by atoms with Crippen molar-refractivity contribution in [3.05, 3.63) is 50.6 Å². The fourth-order valence-electron chi connectivity index (χ4n) is 1.72. The van der Waals surface area contributed by atoms with E-state index in [2.05, 4.69) is 21.2 Å². The van der Waals surface area contributed by atoms with Gasteiger partial charge in [0.15, 0.2) is 0 Å². The Bertz CT molecular complexity index is 568. The maximum Gasteiger partial charge on any atom is 0.224 e. The van der Waals surface area contributed by atoms with E-state index in [9.17, 15) is 4.79 Å². The molecular formula is C14H14BrNO2S. The second-order valence-electron chi connectivity index (χ2n) is 3.97. The van der Waals surface area contributed by atoms with E-state index < -0.39 is 0 Å². The molecule has 1 amide bonds. The van der Waals surface area contributed by atoms with Gasteiger partial charge in [-0.15, -0.1) is 11.3 Å². The summed E-state index contributed by atoms with van der Waals surface area (Å²) in [4.78, 5) is 13.0. The van der Waals surface area contributed by atoms with E-state index in [-0.39, 0.29) is 5.91 Å². The van der Waals surface area contributed by atoms with Crippen molar-refractivity contribution < 1.29 is 9.53 Å². The molecule has 2 rings (SSSR count). The number of amides is 1. The van der Waals surface area contributed by atoms with E-state index in [1.54, 1.807) is 18.4 Å². The van der Waals surface area contributed by atoms with E-state index in [4.69, 9.17) is 4.74 Å². The third kappa shape index (κ3) is 4.08. The Balaban J connectivity index is 1.90. The van der Waals surface area contributed by atoms with Crippen LogP contribution in [0, 0.1) is 0 Å². The summed E-state index contributed by atoms with van der Waals surface area (Å²) in [5.74, 6) is 0.741. The zero-order chi connectivity index (χ0) is 13.7. The van der Waals surface area contributed by atoms with Gasteiger partial charge in [0.1, 0.15) is 5.75 Å². The number of benzene rings is 1. The number of rotatable bonds is 5. The molecule has 0 spiro atoms. The Labute approximate surface area is 124 Å². The van der Waals surface area contributed by atoms with Crippen molar-refractivity contribution in [1.82, 2.24) is 5.32 Å². The predicted molar refractivity (Wildman–Crippen MR) is 80.6 cm³/mol. The van der Waals surface area contributed by atoms with Crippen LogP contribution in [0.1, 0.15) is 10.4 Å². The molecule has 0 saturated heterocycles. The highest BCUT2D eigenvalue weighted by atomic mass is 79.9. The average Bonchev–Trinajstić information content (AvgIpc) is 2.83. The van der Waals surface area contributed by atoms with Crippen molar-refractivity contribution in [3.8, 4) is 5.75 Å². The number of thiophene rings is 1. The van der Waals surface area contributed by atoms with E-state index in [0.717, 1.165) is 20.0 Å². The molecule has 2 aromatic rings. The number of carbonyl (C=O) groups excluding carboxylic acids is 1. The molecule has 1 aromatic carbocycles. The van der Waals surface area contributed by atoms with Crippen molar-refractivity contribution in [2.45, 2.75) is 13.0 Å². The second kappa shape index (κ2) is 6.73. The molecule has 1 heterocycles. The number of nitrogens with one attached hydrogen (secondary N) is 1. The highest BCUT2D eigenvalue weighted by Crippen LogP contribution is 2.22. The molecule has 0 aliphatic carbocycles. The SMILES string of the molecule is COc1ccccc1CC(=O)NCc1ccc(Br)s1. The molecule has 3 nitrogen and oxygen atoms in total. The number of para-hydroxylation sites is 1. The molecule has 0 fully saturated rings. The Morgan fingerprint density at radius 1 is 1.32 bits per heavy atom. The van der Waals surface area contributed by atoms with Gasteiger partial charge in [-0.1, -0.05) is 18.2 Å². The van der Waals surface area contributed by atoms with Gasteiger partial charge in [-0.2, -0.15) is 0 Å². The van der Waals surface area contributed by atoms with E-state index in [0.29, 0.717) is 13.0 Å². The number of halogens is 1. The lowest BCUT2D eigenvalue weighted by molar-refractivity contribution is -0.120. The van der Waals surface area contributed by atoms with Crippen LogP contribution in [0.2, 0.25) is 0 Å². The zero-order valence-electron chi connectivity index (χ0n) is 10.5. The maximum atomic E-state index is 11.9. The lowest BCUT2D eigenvalue weighted by atomic mass is 10.1. The summed E-state index contributed by atoms with van der Waals surface area (Å²) in [6.07, 6.45) is 0.330. The Morgan fingerprint density at radius 3 is 2.79 bits per heavy atom. The topological polar surface area (TPSA) is 38.3 Å². The van der Waals surface area contributed by atoms with Gasteiger partial charge in [-0.25, -0.2) is 0 Å².